The maximum Gasteiger partial charge on any atom is 0.332 e. The zero-order valence-electron chi connectivity index (χ0n) is 11.1. The number of amides is 1. The number of rotatable bonds is 4. The lowest BCUT2D eigenvalue weighted by atomic mass is 10.1. The lowest BCUT2D eigenvalue weighted by Gasteiger charge is -2.13. The summed E-state index contributed by atoms with van der Waals surface area (Å²) < 4.78 is 5.32. The zero-order chi connectivity index (χ0) is 14.7. The average molecular weight is 298 g/mol. The maximum atomic E-state index is 12.0. The third-order valence-electron chi connectivity index (χ3n) is 3.31. The van der Waals surface area contributed by atoms with E-state index in [1.807, 2.05) is 6.92 Å². The molecule has 0 aliphatic carbocycles. The van der Waals surface area contributed by atoms with E-state index in [1.165, 1.54) is 0 Å². The Hall–Kier alpha value is -1.59. The van der Waals surface area contributed by atoms with Crippen molar-refractivity contribution < 1.29 is 19.4 Å². The Balaban J connectivity index is 1.88. The van der Waals surface area contributed by atoms with E-state index >= 15 is 0 Å². The fourth-order valence-corrected chi connectivity index (χ4v) is 2.45. The quantitative estimate of drug-likeness (QED) is 0.891. The molecule has 6 heteroatoms. The van der Waals surface area contributed by atoms with Crippen molar-refractivity contribution in [3.8, 4) is 0 Å². The first-order chi connectivity index (χ1) is 9.47. The van der Waals surface area contributed by atoms with Gasteiger partial charge in [-0.25, -0.2) is 4.79 Å². The number of ether oxygens (including phenoxy) is 1. The minimum Gasteiger partial charge on any atom is -0.479 e. The number of hydrogen-bond donors (Lipinski definition) is 2. The van der Waals surface area contributed by atoms with Gasteiger partial charge in [-0.15, -0.1) is 0 Å². The fourth-order valence-electron chi connectivity index (χ4n) is 2.22. The minimum atomic E-state index is -0.952. The number of halogens is 1. The first-order valence-electron chi connectivity index (χ1n) is 6.40. The first kappa shape index (κ1) is 14.8. The first-order valence-corrected chi connectivity index (χ1v) is 6.78. The number of nitrogens with one attached hydrogen (secondary N) is 1. The summed E-state index contributed by atoms with van der Waals surface area (Å²) in [5.41, 5.74) is 1.35. The Labute approximate surface area is 121 Å². The monoisotopic (exact) mass is 297 g/mol. The van der Waals surface area contributed by atoms with Crippen LogP contribution in [0.1, 0.15) is 28.8 Å². The van der Waals surface area contributed by atoms with Gasteiger partial charge in [0.2, 0.25) is 0 Å². The number of benzene rings is 1. The van der Waals surface area contributed by atoms with E-state index in [2.05, 4.69) is 5.32 Å². The van der Waals surface area contributed by atoms with Gasteiger partial charge in [-0.3, -0.25) is 4.79 Å². The highest BCUT2D eigenvalue weighted by Crippen LogP contribution is 2.20. The number of carbonyl (C=O) groups excluding carboxylic acids is 1. The molecule has 1 heterocycles. The van der Waals surface area contributed by atoms with Crippen LogP contribution >= 0.6 is 11.6 Å². The minimum absolute atomic E-state index is 0.207. The van der Waals surface area contributed by atoms with Crippen LogP contribution in [0, 0.1) is 6.92 Å². The largest absolute Gasteiger partial charge is 0.479 e. The molecule has 2 rings (SSSR count). The summed E-state index contributed by atoms with van der Waals surface area (Å²) in [5, 5.41) is 12.2. The molecule has 108 valence electrons. The normalized spacial score (nSPS) is 21.7. The van der Waals surface area contributed by atoms with E-state index in [4.69, 9.17) is 21.4 Å². The van der Waals surface area contributed by atoms with Gasteiger partial charge in [0.1, 0.15) is 0 Å². The van der Waals surface area contributed by atoms with Gasteiger partial charge >= 0.3 is 5.97 Å². The third-order valence-corrected chi connectivity index (χ3v) is 3.54. The zero-order valence-corrected chi connectivity index (χ0v) is 11.8. The predicted octanol–water partition coefficient (Wildman–Crippen LogP) is 2.01. The Morgan fingerprint density at radius 3 is 2.80 bits per heavy atom. The fraction of sp³-hybridized carbons (Fsp3) is 0.429. The molecule has 1 fully saturated rings. The van der Waals surface area contributed by atoms with Gasteiger partial charge < -0.3 is 15.2 Å². The van der Waals surface area contributed by atoms with Gasteiger partial charge in [-0.2, -0.15) is 0 Å². The van der Waals surface area contributed by atoms with Crippen molar-refractivity contribution in [3.05, 3.63) is 34.3 Å². The van der Waals surface area contributed by atoms with Gasteiger partial charge in [0.05, 0.1) is 6.10 Å². The molecular weight excluding hydrogens is 282 g/mol. The van der Waals surface area contributed by atoms with Gasteiger partial charge in [-0.05, 0) is 43.5 Å². The van der Waals surface area contributed by atoms with Gasteiger partial charge in [0, 0.05) is 17.1 Å². The molecule has 2 N–H and O–H groups in total. The van der Waals surface area contributed by atoms with Crippen LogP contribution in [-0.4, -0.2) is 35.7 Å². The number of hydrogen-bond acceptors (Lipinski definition) is 3. The summed E-state index contributed by atoms with van der Waals surface area (Å²) in [6.45, 7) is 2.12. The van der Waals surface area contributed by atoms with E-state index in [0.717, 1.165) is 5.56 Å². The molecule has 1 aromatic carbocycles. The van der Waals surface area contributed by atoms with Crippen LogP contribution in [0.25, 0.3) is 0 Å². The Morgan fingerprint density at radius 2 is 2.20 bits per heavy atom. The van der Waals surface area contributed by atoms with Crippen LogP contribution in [0.5, 0.6) is 0 Å². The molecule has 5 nitrogen and oxygen atoms in total. The summed E-state index contributed by atoms with van der Waals surface area (Å²) >= 11 is 5.84. The summed E-state index contributed by atoms with van der Waals surface area (Å²) in [5.74, 6) is -1.16. The molecule has 1 saturated heterocycles. The Bertz CT molecular complexity index is 532. The average Bonchev–Trinajstić information content (AvgIpc) is 2.85. The second-order valence-corrected chi connectivity index (χ2v) is 5.27. The van der Waals surface area contributed by atoms with E-state index in [-0.39, 0.29) is 12.0 Å². The summed E-state index contributed by atoms with van der Waals surface area (Å²) in [6, 6.07) is 5.06. The Morgan fingerprint density at radius 1 is 1.45 bits per heavy atom. The Kier molecular flexibility index (Phi) is 4.62. The molecule has 0 radical (unpaired) electrons. The van der Waals surface area contributed by atoms with Crippen molar-refractivity contribution in [1.82, 2.24) is 5.32 Å². The number of aliphatic carboxylic acids is 1. The van der Waals surface area contributed by atoms with Gasteiger partial charge in [0.15, 0.2) is 6.10 Å². The smallest absolute Gasteiger partial charge is 0.332 e. The second-order valence-electron chi connectivity index (χ2n) is 4.83. The van der Waals surface area contributed by atoms with E-state index in [0.29, 0.717) is 30.0 Å². The molecule has 0 spiro atoms. The van der Waals surface area contributed by atoms with Crippen LogP contribution in [0.3, 0.4) is 0 Å². The molecule has 20 heavy (non-hydrogen) atoms. The van der Waals surface area contributed by atoms with Crippen molar-refractivity contribution in [2.24, 2.45) is 0 Å². The summed E-state index contributed by atoms with van der Waals surface area (Å²) in [4.78, 5) is 22.8. The van der Waals surface area contributed by atoms with Gasteiger partial charge in [0.25, 0.3) is 5.91 Å². The van der Waals surface area contributed by atoms with Crippen LogP contribution < -0.4 is 5.32 Å². The molecule has 0 bridgehead atoms. The van der Waals surface area contributed by atoms with E-state index < -0.39 is 12.1 Å². The van der Waals surface area contributed by atoms with Gasteiger partial charge in [-0.1, -0.05) is 11.6 Å². The van der Waals surface area contributed by atoms with Crippen molar-refractivity contribution in [3.63, 3.8) is 0 Å². The van der Waals surface area contributed by atoms with Crippen molar-refractivity contribution >= 4 is 23.5 Å². The highest BCUT2D eigenvalue weighted by molar-refractivity contribution is 6.30. The van der Waals surface area contributed by atoms with Crippen LogP contribution in [-0.2, 0) is 9.53 Å². The van der Waals surface area contributed by atoms with Crippen molar-refractivity contribution in [1.29, 1.82) is 0 Å². The molecule has 0 saturated carbocycles. The highest BCUT2D eigenvalue weighted by Gasteiger charge is 2.30. The topological polar surface area (TPSA) is 75.6 Å². The predicted molar refractivity (Wildman–Crippen MR) is 74.1 cm³/mol. The second kappa shape index (κ2) is 6.24. The van der Waals surface area contributed by atoms with Crippen LogP contribution in [0.2, 0.25) is 5.02 Å². The van der Waals surface area contributed by atoms with E-state index in [1.54, 1.807) is 18.2 Å². The number of carboxylic acid groups (broad SMARTS) is 1. The summed E-state index contributed by atoms with van der Waals surface area (Å²) in [6.07, 6.45) is 0.119. The lowest BCUT2D eigenvalue weighted by Crippen LogP contribution is -2.33. The molecular formula is C14H16ClNO4. The SMILES string of the molecule is Cc1cc(Cl)ccc1C(=O)NCC1CCC(C(=O)O)O1. The molecule has 1 amide bonds. The lowest BCUT2D eigenvalue weighted by molar-refractivity contribution is -0.149. The van der Waals surface area contributed by atoms with Crippen molar-refractivity contribution in [2.45, 2.75) is 32.0 Å². The van der Waals surface area contributed by atoms with E-state index in [9.17, 15) is 9.59 Å². The number of carbonyl (C=O) groups is 2. The van der Waals surface area contributed by atoms with Crippen LogP contribution in [0.15, 0.2) is 18.2 Å². The van der Waals surface area contributed by atoms with Crippen molar-refractivity contribution in [2.75, 3.05) is 6.54 Å². The molecule has 1 aliphatic heterocycles. The maximum absolute atomic E-state index is 12.0. The molecule has 2 unspecified atom stereocenters. The summed E-state index contributed by atoms with van der Waals surface area (Å²) in [7, 11) is 0. The third kappa shape index (κ3) is 3.49. The number of aryl methyl sites for hydroxylation is 1. The molecule has 0 aromatic heterocycles. The standard InChI is InChI=1S/C14H16ClNO4/c1-8-6-9(15)2-4-11(8)13(17)16-7-10-3-5-12(20-10)14(18)19/h2,4,6,10,12H,3,5,7H2,1H3,(H,16,17)(H,18,19). The highest BCUT2D eigenvalue weighted by atomic mass is 35.5. The molecule has 2 atom stereocenters. The number of carboxylic acids is 1. The van der Waals surface area contributed by atoms with Crippen LogP contribution in [0.4, 0.5) is 0 Å². The molecule has 1 aliphatic rings. The molecule has 1 aromatic rings.